The number of hydrogen-bond donors (Lipinski definition) is 1. The highest BCUT2D eigenvalue weighted by Crippen LogP contribution is 2.12. The van der Waals surface area contributed by atoms with E-state index in [2.05, 4.69) is 10.3 Å². The van der Waals surface area contributed by atoms with Crippen molar-refractivity contribution in [2.75, 3.05) is 11.2 Å². The Morgan fingerprint density at radius 3 is 3.12 bits per heavy atom. The number of thiazole rings is 1. The highest BCUT2D eigenvalue weighted by atomic mass is 35.5. The molecule has 0 aliphatic carbocycles. The average Bonchev–Trinajstić information content (AvgIpc) is 2.71. The van der Waals surface area contributed by atoms with Crippen molar-refractivity contribution in [2.45, 2.75) is 6.92 Å². The summed E-state index contributed by atoms with van der Waals surface area (Å²) in [7, 11) is 0. The smallest absolute Gasteiger partial charge is 0.282 e. The van der Waals surface area contributed by atoms with Gasteiger partial charge in [-0.15, -0.1) is 22.9 Å². The molecule has 0 aromatic carbocycles. The monoisotopic (exact) mass is 257 g/mol. The zero-order chi connectivity index (χ0) is 11.7. The zero-order valence-electron chi connectivity index (χ0n) is 8.36. The summed E-state index contributed by atoms with van der Waals surface area (Å²) in [6.07, 6.45) is 1.62. The lowest BCUT2D eigenvalue weighted by atomic mass is 10.3. The molecular formula is C9H8ClN3O2S. The van der Waals surface area contributed by atoms with Crippen LogP contribution in [-0.2, 0) is 4.79 Å². The van der Waals surface area contributed by atoms with Crippen molar-refractivity contribution >= 4 is 39.5 Å². The Kier molecular flexibility index (Phi) is 2.93. The first-order valence-electron chi connectivity index (χ1n) is 4.45. The van der Waals surface area contributed by atoms with Gasteiger partial charge in [0.05, 0.1) is 5.69 Å². The van der Waals surface area contributed by atoms with E-state index in [-0.39, 0.29) is 17.1 Å². The molecule has 0 bridgehead atoms. The number of nitrogens with zero attached hydrogens (tertiary/aromatic N) is 2. The van der Waals surface area contributed by atoms with Crippen LogP contribution in [0.1, 0.15) is 5.69 Å². The lowest BCUT2D eigenvalue weighted by Gasteiger charge is -2.05. The number of carbonyl (C=O) groups is 1. The van der Waals surface area contributed by atoms with E-state index in [1.807, 2.05) is 0 Å². The molecule has 1 amide bonds. The summed E-state index contributed by atoms with van der Waals surface area (Å²) in [5.74, 6) is -0.607. The SMILES string of the molecule is Cc1nc2sccn2c(=O)c1NC(=O)CCl. The molecule has 0 aliphatic heterocycles. The van der Waals surface area contributed by atoms with Gasteiger partial charge < -0.3 is 5.32 Å². The Balaban J connectivity index is 2.60. The fourth-order valence-corrected chi connectivity index (χ4v) is 2.12. The summed E-state index contributed by atoms with van der Waals surface area (Å²) >= 11 is 6.73. The second-order valence-electron chi connectivity index (χ2n) is 3.11. The molecule has 2 aromatic rings. The molecule has 2 heterocycles. The van der Waals surface area contributed by atoms with Gasteiger partial charge >= 0.3 is 0 Å². The highest BCUT2D eigenvalue weighted by Gasteiger charge is 2.12. The largest absolute Gasteiger partial charge is 0.319 e. The molecule has 0 aliphatic rings. The van der Waals surface area contributed by atoms with Crippen LogP contribution in [0.4, 0.5) is 5.69 Å². The summed E-state index contributed by atoms with van der Waals surface area (Å²) in [6.45, 7) is 1.67. The van der Waals surface area contributed by atoms with Crippen molar-refractivity contribution in [3.63, 3.8) is 0 Å². The van der Waals surface area contributed by atoms with Gasteiger partial charge in [-0.3, -0.25) is 14.0 Å². The number of hydrogen-bond acceptors (Lipinski definition) is 4. The van der Waals surface area contributed by atoms with Crippen LogP contribution in [0.2, 0.25) is 0 Å². The van der Waals surface area contributed by atoms with Crippen molar-refractivity contribution in [3.05, 3.63) is 27.6 Å². The maximum Gasteiger partial charge on any atom is 0.282 e. The van der Waals surface area contributed by atoms with Gasteiger partial charge in [-0.1, -0.05) is 0 Å². The van der Waals surface area contributed by atoms with E-state index in [1.165, 1.54) is 15.7 Å². The van der Waals surface area contributed by atoms with Crippen LogP contribution in [0, 0.1) is 6.92 Å². The number of aryl methyl sites for hydroxylation is 1. The summed E-state index contributed by atoms with van der Waals surface area (Å²) < 4.78 is 1.39. The quantitative estimate of drug-likeness (QED) is 0.824. The standard InChI is InChI=1S/C9H8ClN3O2S/c1-5-7(12-6(14)4-10)8(15)13-2-3-16-9(13)11-5/h2-3H,4H2,1H3,(H,12,14). The van der Waals surface area contributed by atoms with E-state index >= 15 is 0 Å². The predicted molar refractivity (Wildman–Crippen MR) is 63.4 cm³/mol. The van der Waals surface area contributed by atoms with Gasteiger partial charge in [0.25, 0.3) is 5.56 Å². The lowest BCUT2D eigenvalue weighted by molar-refractivity contribution is -0.113. The Morgan fingerprint density at radius 2 is 2.44 bits per heavy atom. The van der Waals surface area contributed by atoms with Crippen molar-refractivity contribution in [1.82, 2.24) is 9.38 Å². The first-order chi connectivity index (χ1) is 7.63. The lowest BCUT2D eigenvalue weighted by Crippen LogP contribution is -2.24. The van der Waals surface area contributed by atoms with Gasteiger partial charge in [-0.25, -0.2) is 4.98 Å². The van der Waals surface area contributed by atoms with Gasteiger partial charge in [0.15, 0.2) is 4.96 Å². The van der Waals surface area contributed by atoms with Crippen LogP contribution < -0.4 is 10.9 Å². The second-order valence-corrected chi connectivity index (χ2v) is 4.26. The van der Waals surface area contributed by atoms with Crippen LogP contribution in [0.15, 0.2) is 16.4 Å². The van der Waals surface area contributed by atoms with E-state index in [9.17, 15) is 9.59 Å². The fourth-order valence-electron chi connectivity index (χ4n) is 1.30. The van der Waals surface area contributed by atoms with E-state index < -0.39 is 5.91 Å². The number of nitrogens with one attached hydrogen (secondary N) is 1. The zero-order valence-corrected chi connectivity index (χ0v) is 9.93. The van der Waals surface area contributed by atoms with Crippen LogP contribution in [0.5, 0.6) is 0 Å². The van der Waals surface area contributed by atoms with E-state index in [0.29, 0.717) is 10.7 Å². The van der Waals surface area contributed by atoms with Gasteiger partial charge in [0.2, 0.25) is 5.91 Å². The number of carbonyl (C=O) groups excluding carboxylic acids is 1. The predicted octanol–water partition coefficient (Wildman–Crippen LogP) is 1.24. The molecular weight excluding hydrogens is 250 g/mol. The molecule has 5 nitrogen and oxygen atoms in total. The first-order valence-corrected chi connectivity index (χ1v) is 5.87. The minimum atomic E-state index is -0.418. The maximum atomic E-state index is 11.9. The molecule has 0 radical (unpaired) electrons. The molecule has 0 saturated carbocycles. The molecule has 2 aromatic heterocycles. The number of alkyl halides is 1. The van der Waals surface area contributed by atoms with Crippen molar-refractivity contribution in [3.8, 4) is 0 Å². The number of fused-ring (bicyclic) bond motifs is 1. The molecule has 2 rings (SSSR count). The van der Waals surface area contributed by atoms with Gasteiger partial charge in [0, 0.05) is 11.6 Å². The third-order valence-electron chi connectivity index (χ3n) is 2.03. The third-order valence-corrected chi connectivity index (χ3v) is 3.03. The molecule has 0 unspecified atom stereocenters. The summed E-state index contributed by atoms with van der Waals surface area (Å²) in [6, 6.07) is 0. The maximum absolute atomic E-state index is 11.9. The molecule has 1 N–H and O–H groups in total. The Bertz CT molecular complexity index is 604. The Morgan fingerprint density at radius 1 is 1.69 bits per heavy atom. The first kappa shape index (κ1) is 11.1. The van der Waals surface area contributed by atoms with Crippen molar-refractivity contribution in [1.29, 1.82) is 0 Å². The average molecular weight is 258 g/mol. The van der Waals surface area contributed by atoms with E-state index in [1.54, 1.807) is 18.5 Å². The Hall–Kier alpha value is -1.40. The molecule has 0 fully saturated rings. The number of halogens is 1. The minimum Gasteiger partial charge on any atom is -0.319 e. The normalized spacial score (nSPS) is 10.6. The summed E-state index contributed by atoms with van der Waals surface area (Å²) in [4.78, 5) is 27.9. The number of aromatic nitrogens is 2. The molecule has 0 saturated heterocycles. The topological polar surface area (TPSA) is 63.5 Å². The summed E-state index contributed by atoms with van der Waals surface area (Å²) in [5, 5.41) is 4.21. The van der Waals surface area contributed by atoms with Crippen LogP contribution in [-0.4, -0.2) is 21.2 Å². The van der Waals surface area contributed by atoms with Crippen LogP contribution in [0.3, 0.4) is 0 Å². The van der Waals surface area contributed by atoms with Crippen LogP contribution in [0.25, 0.3) is 4.96 Å². The van der Waals surface area contributed by atoms with Gasteiger partial charge in [-0.05, 0) is 6.92 Å². The molecule has 16 heavy (non-hydrogen) atoms. The molecule has 7 heteroatoms. The molecule has 0 spiro atoms. The van der Waals surface area contributed by atoms with Crippen molar-refractivity contribution in [2.24, 2.45) is 0 Å². The third kappa shape index (κ3) is 1.81. The second kappa shape index (κ2) is 4.23. The molecule has 84 valence electrons. The van der Waals surface area contributed by atoms with Crippen LogP contribution >= 0.6 is 22.9 Å². The van der Waals surface area contributed by atoms with Gasteiger partial charge in [0.1, 0.15) is 11.6 Å². The number of amides is 1. The minimum absolute atomic E-state index is 0.182. The van der Waals surface area contributed by atoms with Gasteiger partial charge in [-0.2, -0.15) is 0 Å². The van der Waals surface area contributed by atoms with Crippen molar-refractivity contribution < 1.29 is 4.79 Å². The fraction of sp³-hybridized carbons (Fsp3) is 0.222. The number of anilines is 1. The van der Waals surface area contributed by atoms with E-state index in [0.717, 1.165) is 0 Å². The summed E-state index contributed by atoms with van der Waals surface area (Å²) in [5.41, 5.74) is 0.384. The van der Waals surface area contributed by atoms with E-state index in [4.69, 9.17) is 11.6 Å². The highest BCUT2D eigenvalue weighted by molar-refractivity contribution is 7.15. The molecule has 0 atom stereocenters. The Labute approximate surface area is 99.7 Å². The number of rotatable bonds is 2.